The number of likely N-dealkylation sites (tertiary alicyclic amines) is 2. The fraction of sp³-hybridized carbons (Fsp3) is 0.864. The molecule has 28 heavy (non-hydrogen) atoms. The third-order valence-corrected chi connectivity index (χ3v) is 5.79. The number of hydrogen-bond acceptors (Lipinski definition) is 3. The van der Waals surface area contributed by atoms with E-state index in [1.54, 1.807) is 0 Å². The molecule has 160 valence electrons. The van der Waals surface area contributed by atoms with Crippen LogP contribution in [-0.2, 0) is 14.4 Å². The van der Waals surface area contributed by atoms with Crippen LogP contribution in [0.1, 0.15) is 72.6 Å². The molecule has 0 saturated carbocycles. The first-order valence-corrected chi connectivity index (χ1v) is 11.1. The third kappa shape index (κ3) is 6.78. The second-order valence-corrected chi connectivity index (χ2v) is 9.35. The summed E-state index contributed by atoms with van der Waals surface area (Å²) in [6.07, 6.45) is 5.82. The number of carbonyl (C=O) groups is 3. The molecule has 2 aliphatic rings. The number of amides is 3. The zero-order valence-electron chi connectivity index (χ0n) is 18.2. The molecule has 6 nitrogen and oxygen atoms in total. The lowest BCUT2D eigenvalue weighted by molar-refractivity contribution is -0.140. The zero-order chi connectivity index (χ0) is 20.7. The predicted molar refractivity (Wildman–Crippen MR) is 111 cm³/mol. The molecular weight excluding hydrogens is 354 g/mol. The van der Waals surface area contributed by atoms with E-state index in [2.05, 4.69) is 19.2 Å². The Morgan fingerprint density at radius 2 is 1.39 bits per heavy atom. The molecule has 2 fully saturated rings. The Kier molecular flexibility index (Phi) is 8.77. The van der Waals surface area contributed by atoms with E-state index >= 15 is 0 Å². The smallest absolute Gasteiger partial charge is 0.245 e. The Morgan fingerprint density at radius 1 is 0.821 bits per heavy atom. The van der Waals surface area contributed by atoms with E-state index < -0.39 is 6.04 Å². The van der Waals surface area contributed by atoms with Crippen LogP contribution in [0.4, 0.5) is 0 Å². The van der Waals surface area contributed by atoms with Gasteiger partial charge in [-0.1, -0.05) is 27.7 Å². The van der Waals surface area contributed by atoms with Crippen molar-refractivity contribution in [3.8, 4) is 0 Å². The molecule has 2 aliphatic heterocycles. The van der Waals surface area contributed by atoms with Crippen molar-refractivity contribution in [1.29, 1.82) is 0 Å². The number of nitrogens with zero attached hydrogens (tertiary/aromatic N) is 2. The van der Waals surface area contributed by atoms with Gasteiger partial charge in [0.15, 0.2) is 0 Å². The second-order valence-electron chi connectivity index (χ2n) is 9.35. The van der Waals surface area contributed by atoms with Gasteiger partial charge in [0.25, 0.3) is 0 Å². The molecule has 2 rings (SSSR count). The average molecular weight is 394 g/mol. The van der Waals surface area contributed by atoms with Crippen molar-refractivity contribution in [2.45, 2.75) is 78.7 Å². The van der Waals surface area contributed by atoms with Gasteiger partial charge in [0.05, 0.1) is 0 Å². The van der Waals surface area contributed by atoms with Crippen LogP contribution in [0.2, 0.25) is 0 Å². The number of nitrogens with one attached hydrogen (secondary N) is 1. The van der Waals surface area contributed by atoms with Gasteiger partial charge >= 0.3 is 0 Å². The highest BCUT2D eigenvalue weighted by Gasteiger charge is 2.36. The molecule has 0 aromatic rings. The molecule has 2 saturated heterocycles. The van der Waals surface area contributed by atoms with Gasteiger partial charge in [0.1, 0.15) is 6.04 Å². The van der Waals surface area contributed by atoms with E-state index in [1.165, 1.54) is 6.42 Å². The number of carbonyl (C=O) groups excluding carboxylic acids is 3. The summed E-state index contributed by atoms with van der Waals surface area (Å²) >= 11 is 0. The average Bonchev–Trinajstić information content (AvgIpc) is 2.65. The molecule has 0 bridgehead atoms. The molecule has 0 aromatic heterocycles. The molecule has 1 atom stereocenters. The summed E-state index contributed by atoms with van der Waals surface area (Å²) in [5.41, 5.74) is 0. The van der Waals surface area contributed by atoms with Crippen molar-refractivity contribution >= 4 is 17.7 Å². The number of rotatable bonds is 7. The Bertz CT molecular complexity index is 533. The molecule has 0 radical (unpaired) electrons. The normalized spacial score (nSPS) is 19.8. The first kappa shape index (κ1) is 22.7. The van der Waals surface area contributed by atoms with E-state index in [0.717, 1.165) is 38.8 Å². The molecule has 0 aromatic carbocycles. The van der Waals surface area contributed by atoms with Crippen molar-refractivity contribution in [2.75, 3.05) is 26.2 Å². The van der Waals surface area contributed by atoms with Crippen LogP contribution in [0.3, 0.4) is 0 Å². The minimum absolute atomic E-state index is 0.0383. The summed E-state index contributed by atoms with van der Waals surface area (Å²) in [5, 5.41) is 3.06. The highest BCUT2D eigenvalue weighted by Crippen LogP contribution is 2.24. The standard InChI is InChI=1S/C22H39N3O3/c1-16(2)14-19(26)23-21(22(28)25-10-6-5-7-11-25)18-8-12-24(13-9-18)20(27)15-17(3)4/h16-18,21H,5-15H2,1-4H3,(H,23,26). The van der Waals surface area contributed by atoms with Crippen LogP contribution in [0, 0.1) is 17.8 Å². The van der Waals surface area contributed by atoms with Crippen molar-refractivity contribution < 1.29 is 14.4 Å². The Balaban J connectivity index is 2.01. The van der Waals surface area contributed by atoms with Crippen LogP contribution in [0.15, 0.2) is 0 Å². The Hall–Kier alpha value is -1.59. The number of piperidine rings is 2. The fourth-order valence-corrected chi connectivity index (χ4v) is 4.26. The third-order valence-electron chi connectivity index (χ3n) is 5.79. The predicted octanol–water partition coefficient (Wildman–Crippen LogP) is 2.81. The van der Waals surface area contributed by atoms with Crippen LogP contribution < -0.4 is 5.32 Å². The summed E-state index contributed by atoms with van der Waals surface area (Å²) in [5.74, 6) is 0.965. The van der Waals surface area contributed by atoms with Gasteiger partial charge in [0.2, 0.25) is 17.7 Å². The molecule has 0 spiro atoms. The van der Waals surface area contributed by atoms with Crippen molar-refractivity contribution in [3.63, 3.8) is 0 Å². The SMILES string of the molecule is CC(C)CC(=O)NC(C(=O)N1CCCCC1)C1CCN(C(=O)CC(C)C)CC1. The quantitative estimate of drug-likeness (QED) is 0.723. The summed E-state index contributed by atoms with van der Waals surface area (Å²) in [4.78, 5) is 41.9. The maximum absolute atomic E-state index is 13.2. The van der Waals surface area contributed by atoms with Crippen molar-refractivity contribution in [2.24, 2.45) is 17.8 Å². The summed E-state index contributed by atoms with van der Waals surface area (Å²) in [6.45, 7) is 11.1. The van der Waals surface area contributed by atoms with Crippen LogP contribution >= 0.6 is 0 Å². The van der Waals surface area contributed by atoms with Gasteiger partial charge in [0, 0.05) is 39.0 Å². The van der Waals surface area contributed by atoms with E-state index in [0.29, 0.717) is 31.8 Å². The summed E-state index contributed by atoms with van der Waals surface area (Å²) < 4.78 is 0. The highest BCUT2D eigenvalue weighted by molar-refractivity contribution is 5.88. The van der Waals surface area contributed by atoms with E-state index in [-0.39, 0.29) is 29.6 Å². The van der Waals surface area contributed by atoms with Gasteiger partial charge in [-0.3, -0.25) is 14.4 Å². The molecular formula is C22H39N3O3. The van der Waals surface area contributed by atoms with Crippen LogP contribution in [0.25, 0.3) is 0 Å². The monoisotopic (exact) mass is 393 g/mol. The Labute approximate surface area is 170 Å². The van der Waals surface area contributed by atoms with Gasteiger partial charge in [-0.15, -0.1) is 0 Å². The summed E-state index contributed by atoms with van der Waals surface area (Å²) in [7, 11) is 0. The van der Waals surface area contributed by atoms with Gasteiger partial charge < -0.3 is 15.1 Å². The van der Waals surface area contributed by atoms with E-state index in [1.807, 2.05) is 23.6 Å². The minimum Gasteiger partial charge on any atom is -0.344 e. The van der Waals surface area contributed by atoms with Crippen molar-refractivity contribution in [1.82, 2.24) is 15.1 Å². The molecule has 0 aliphatic carbocycles. The fourth-order valence-electron chi connectivity index (χ4n) is 4.26. The molecule has 6 heteroatoms. The first-order valence-electron chi connectivity index (χ1n) is 11.1. The minimum atomic E-state index is -0.452. The summed E-state index contributed by atoms with van der Waals surface area (Å²) in [6, 6.07) is -0.452. The Morgan fingerprint density at radius 3 is 1.93 bits per heavy atom. The maximum Gasteiger partial charge on any atom is 0.245 e. The van der Waals surface area contributed by atoms with E-state index in [4.69, 9.17) is 0 Å². The largest absolute Gasteiger partial charge is 0.344 e. The lowest BCUT2D eigenvalue weighted by Crippen LogP contribution is -2.55. The molecule has 1 unspecified atom stereocenters. The molecule has 2 heterocycles. The number of hydrogen-bond donors (Lipinski definition) is 1. The van der Waals surface area contributed by atoms with Crippen LogP contribution in [0.5, 0.6) is 0 Å². The zero-order valence-corrected chi connectivity index (χ0v) is 18.2. The van der Waals surface area contributed by atoms with E-state index in [9.17, 15) is 14.4 Å². The highest BCUT2D eigenvalue weighted by atomic mass is 16.2. The van der Waals surface area contributed by atoms with Crippen molar-refractivity contribution in [3.05, 3.63) is 0 Å². The van der Waals surface area contributed by atoms with Gasteiger partial charge in [-0.05, 0) is 49.9 Å². The lowest BCUT2D eigenvalue weighted by Gasteiger charge is -2.38. The second kappa shape index (κ2) is 10.8. The van der Waals surface area contributed by atoms with Gasteiger partial charge in [-0.25, -0.2) is 0 Å². The molecule has 3 amide bonds. The lowest BCUT2D eigenvalue weighted by atomic mass is 9.87. The van der Waals surface area contributed by atoms with Gasteiger partial charge in [-0.2, -0.15) is 0 Å². The molecule has 1 N–H and O–H groups in total. The van der Waals surface area contributed by atoms with Crippen LogP contribution in [-0.4, -0.2) is 59.7 Å². The maximum atomic E-state index is 13.2. The first-order chi connectivity index (χ1) is 13.3. The topological polar surface area (TPSA) is 69.7 Å².